The number of aromatic nitrogens is 1. The van der Waals surface area contributed by atoms with Crippen LogP contribution in [0.4, 0.5) is 0 Å². The largest absolute Gasteiger partial charge is 0.387 e. The summed E-state index contributed by atoms with van der Waals surface area (Å²) in [6, 6.07) is 13.2. The number of pyridine rings is 1. The van der Waals surface area contributed by atoms with E-state index in [0.717, 1.165) is 111 Å². The second-order valence-corrected chi connectivity index (χ2v) is 17.8. The Balaban J connectivity index is 0.970. The van der Waals surface area contributed by atoms with E-state index in [1.165, 1.54) is 66.6 Å². The van der Waals surface area contributed by atoms with Crippen molar-refractivity contribution < 1.29 is 0 Å². The van der Waals surface area contributed by atoms with Crippen molar-refractivity contribution in [1.82, 2.24) is 30.7 Å². The third kappa shape index (κ3) is 7.27. The van der Waals surface area contributed by atoms with Crippen molar-refractivity contribution in [2.75, 3.05) is 19.6 Å². The summed E-state index contributed by atoms with van der Waals surface area (Å²) in [5.41, 5.74) is 20.0. The molecule has 2 aliphatic carbocycles. The van der Waals surface area contributed by atoms with Crippen molar-refractivity contribution in [3.8, 4) is 0 Å². The molecule has 3 N–H and O–H groups in total. The normalized spacial score (nSPS) is 21.4. The van der Waals surface area contributed by atoms with Crippen LogP contribution in [0.2, 0.25) is 0 Å². The number of nitrogens with one attached hydrogen (secondary N) is 3. The van der Waals surface area contributed by atoms with Crippen LogP contribution in [0.25, 0.3) is 16.6 Å². The van der Waals surface area contributed by atoms with Gasteiger partial charge in [-0.3, -0.25) is 0 Å². The van der Waals surface area contributed by atoms with Gasteiger partial charge < -0.3 is 25.8 Å². The van der Waals surface area contributed by atoms with Crippen LogP contribution in [0.15, 0.2) is 127 Å². The van der Waals surface area contributed by atoms with Gasteiger partial charge in [-0.1, -0.05) is 89.2 Å². The van der Waals surface area contributed by atoms with Crippen LogP contribution in [0.5, 0.6) is 0 Å². The Morgan fingerprint density at radius 2 is 1.78 bits per heavy atom. The molecule has 1 fully saturated rings. The third-order valence-electron chi connectivity index (χ3n) is 13.8. The zero-order chi connectivity index (χ0) is 40.8. The summed E-state index contributed by atoms with van der Waals surface area (Å²) < 4.78 is 0. The number of rotatable bonds is 15. The fourth-order valence-electron chi connectivity index (χ4n) is 10.4. The highest BCUT2D eigenvalue weighted by Gasteiger charge is 2.42. The van der Waals surface area contributed by atoms with Crippen LogP contribution < -0.4 is 21.3 Å². The first-order valence-corrected chi connectivity index (χ1v) is 22.2. The Morgan fingerprint density at radius 1 is 0.983 bits per heavy atom. The monoisotopic (exact) mass is 790 g/mol. The second kappa shape index (κ2) is 16.5. The first-order valence-electron chi connectivity index (χ1n) is 21.6. The molecule has 0 saturated carbocycles. The molecule has 6 nitrogen and oxygen atoms in total. The van der Waals surface area contributed by atoms with Gasteiger partial charge in [0.1, 0.15) is 0 Å². The summed E-state index contributed by atoms with van der Waals surface area (Å²) in [4.78, 5) is 10.7. The molecular weight excluding hydrogens is 728 g/mol. The molecule has 0 amide bonds. The molecule has 2 aromatic carbocycles. The lowest BCUT2D eigenvalue weighted by Gasteiger charge is -2.37. The number of benzene rings is 2. The van der Waals surface area contributed by atoms with Crippen LogP contribution in [-0.2, 0) is 19.4 Å². The minimum Gasteiger partial charge on any atom is -0.387 e. The van der Waals surface area contributed by atoms with Crippen molar-refractivity contribution >= 4 is 31.1 Å². The Morgan fingerprint density at radius 3 is 2.53 bits per heavy atom. The van der Waals surface area contributed by atoms with Gasteiger partial charge in [0, 0.05) is 64.4 Å². The Bertz CT molecular complexity index is 2290. The number of hydrogen-bond acceptors (Lipinski definition) is 6. The lowest BCUT2D eigenvalue weighted by Crippen LogP contribution is -2.38. The number of nitrogens with zero attached hydrogens (tertiary/aromatic N) is 3. The molecule has 58 heavy (non-hydrogen) atoms. The zero-order valence-electron chi connectivity index (χ0n) is 35.2. The molecule has 7 heteroatoms. The number of fused-ring (bicyclic) bond motifs is 4. The van der Waals surface area contributed by atoms with E-state index in [1.807, 2.05) is 0 Å². The molecule has 3 aliphatic heterocycles. The van der Waals surface area contributed by atoms with E-state index < -0.39 is 0 Å². The van der Waals surface area contributed by atoms with Crippen LogP contribution in [0.1, 0.15) is 98.3 Å². The van der Waals surface area contributed by atoms with Gasteiger partial charge in [-0.15, -0.1) is 9.24 Å². The van der Waals surface area contributed by atoms with Gasteiger partial charge >= 0.3 is 0 Å². The first-order chi connectivity index (χ1) is 28.0. The lowest BCUT2D eigenvalue weighted by molar-refractivity contribution is 0.269. The summed E-state index contributed by atoms with van der Waals surface area (Å²) in [5, 5.41) is 13.4. The van der Waals surface area contributed by atoms with Crippen molar-refractivity contribution in [3.05, 3.63) is 161 Å². The summed E-state index contributed by atoms with van der Waals surface area (Å²) in [7, 11) is 2.99. The van der Waals surface area contributed by atoms with E-state index in [0.29, 0.717) is 18.4 Å². The quantitative estimate of drug-likeness (QED) is 0.105. The minimum atomic E-state index is 0.0459. The molecule has 4 heterocycles. The van der Waals surface area contributed by atoms with Gasteiger partial charge in [-0.2, -0.15) is 0 Å². The average Bonchev–Trinajstić information content (AvgIpc) is 3.78. The van der Waals surface area contributed by atoms with Crippen LogP contribution >= 0.6 is 9.24 Å². The lowest BCUT2D eigenvalue weighted by atomic mass is 9.75. The molecule has 302 valence electrons. The molecule has 5 atom stereocenters. The number of allylic oxidation sites excluding steroid dienone is 6. The molecule has 3 aromatic rings. The molecule has 0 radical (unpaired) electrons. The molecule has 1 saturated heterocycles. The standard InChI is InChI=1S/C51H63N6P/c1-10-31(4)54-44(25-37-15-13-12-14-16-37)34(7)53-28-32(5)52-23-21-38-22-24-56(35(38)8)46-20-19-40-33(6)48(58)27-45-49(40)50(46)43-29-57-36(9)41-18-17-30(3)39(11-2)42(41)26-47(57)51(43)55-45/h12-16,26-27,38-39,44,46,52-54H,3-5,7-11,17-25,28-29,58H2,1-2,6H3. The highest BCUT2D eigenvalue weighted by Crippen LogP contribution is 2.53. The van der Waals surface area contributed by atoms with Crippen LogP contribution in [-0.4, -0.2) is 40.5 Å². The Labute approximate surface area is 349 Å². The zero-order valence-corrected chi connectivity index (χ0v) is 36.4. The van der Waals surface area contributed by atoms with E-state index in [4.69, 9.17) is 18.1 Å². The third-order valence-corrected chi connectivity index (χ3v) is 14.4. The number of aryl methyl sites for hydroxylation is 1. The molecule has 0 spiro atoms. The van der Waals surface area contributed by atoms with Crippen molar-refractivity contribution in [1.29, 1.82) is 0 Å². The summed E-state index contributed by atoms with van der Waals surface area (Å²) in [5.74, 6) is 0.811. The van der Waals surface area contributed by atoms with Gasteiger partial charge in [0.25, 0.3) is 0 Å². The van der Waals surface area contributed by atoms with Crippen molar-refractivity contribution in [2.45, 2.75) is 97.2 Å². The van der Waals surface area contributed by atoms with E-state index in [-0.39, 0.29) is 12.1 Å². The Hall–Kier alpha value is -4.80. The minimum absolute atomic E-state index is 0.0459. The van der Waals surface area contributed by atoms with Crippen molar-refractivity contribution in [2.24, 2.45) is 11.8 Å². The molecule has 1 aromatic heterocycles. The van der Waals surface area contributed by atoms with E-state index in [1.54, 1.807) is 0 Å². The summed E-state index contributed by atoms with van der Waals surface area (Å²) >= 11 is 0. The highest BCUT2D eigenvalue weighted by atomic mass is 31.0. The van der Waals surface area contributed by atoms with Gasteiger partial charge in [0.05, 0.1) is 42.1 Å². The van der Waals surface area contributed by atoms with Gasteiger partial charge in [0.15, 0.2) is 0 Å². The smallest absolute Gasteiger partial charge is 0.0928 e. The van der Waals surface area contributed by atoms with Gasteiger partial charge in [0.2, 0.25) is 0 Å². The topological polar surface area (TPSA) is 55.5 Å². The van der Waals surface area contributed by atoms with Gasteiger partial charge in [-0.05, 0) is 116 Å². The van der Waals surface area contributed by atoms with Crippen LogP contribution in [0.3, 0.4) is 0 Å². The van der Waals surface area contributed by atoms with E-state index in [9.17, 15) is 0 Å². The molecule has 5 unspecified atom stereocenters. The van der Waals surface area contributed by atoms with E-state index in [2.05, 4.69) is 125 Å². The number of likely N-dealkylation sites (tertiary alicyclic amines) is 1. The van der Waals surface area contributed by atoms with E-state index >= 15 is 0 Å². The summed E-state index contributed by atoms with van der Waals surface area (Å²) in [6.07, 6.45) is 11.6. The maximum atomic E-state index is 5.53. The van der Waals surface area contributed by atoms with Crippen molar-refractivity contribution in [3.63, 3.8) is 0 Å². The number of hydrogen-bond donors (Lipinski definition) is 3. The highest BCUT2D eigenvalue weighted by molar-refractivity contribution is 7.27. The predicted molar refractivity (Wildman–Crippen MR) is 248 cm³/mol. The molecule has 8 rings (SSSR count). The Kier molecular flexibility index (Phi) is 11.3. The molecular formula is C51H63N6P. The summed E-state index contributed by atoms with van der Waals surface area (Å²) in [6.45, 7) is 37.0. The van der Waals surface area contributed by atoms with Gasteiger partial charge in [-0.25, -0.2) is 4.98 Å². The predicted octanol–water partition coefficient (Wildman–Crippen LogP) is 9.94. The second-order valence-electron chi connectivity index (χ2n) is 17.2. The fraction of sp³-hybridized carbons (Fsp3) is 0.392. The SMILES string of the molecule is C=C(CNC(=C)C(Cc1ccccc1)NC(=C)CC)NCCC1CCN(C2CCc3c(C)c(P)cc4nc5c(c2c34)CN2C(=C)C3=C(C=C52)C(CC)C(=C)CC3)C1=C. The maximum absolute atomic E-state index is 5.53. The molecule has 5 aliphatic rings. The maximum Gasteiger partial charge on any atom is 0.0928 e. The average molecular weight is 791 g/mol. The molecule has 0 bridgehead atoms. The first kappa shape index (κ1) is 40.0. The fourth-order valence-corrected chi connectivity index (χ4v) is 10.7. The van der Waals surface area contributed by atoms with Crippen LogP contribution in [0, 0.1) is 18.8 Å².